The number of aryl methyl sites for hydroxylation is 1. The van der Waals surface area contributed by atoms with Gasteiger partial charge in [0, 0.05) is 12.6 Å². The van der Waals surface area contributed by atoms with Gasteiger partial charge in [-0.1, -0.05) is 18.3 Å². The molecule has 0 aromatic carbocycles. The van der Waals surface area contributed by atoms with Gasteiger partial charge in [-0.3, -0.25) is 0 Å². The van der Waals surface area contributed by atoms with E-state index in [0.29, 0.717) is 12.2 Å². The largest absolute Gasteiger partial charge is 0.375 e. The molecule has 1 aromatic heterocycles. The second kappa shape index (κ2) is 4.68. The topological polar surface area (TPSA) is 76.3 Å². The number of anilines is 1. The van der Waals surface area contributed by atoms with Crippen LogP contribution in [0.5, 0.6) is 0 Å². The smallest absolute Gasteiger partial charge is 0.254 e. The summed E-state index contributed by atoms with van der Waals surface area (Å²) in [6, 6.07) is -0.0716. The van der Waals surface area contributed by atoms with Gasteiger partial charge in [-0.2, -0.15) is 4.31 Å². The molecule has 0 aliphatic heterocycles. The fourth-order valence-electron chi connectivity index (χ4n) is 1.56. The number of hydrogen-bond donors (Lipinski definition) is 1. The zero-order chi connectivity index (χ0) is 12.5. The molecular formula is C9H17N3O2S2. The second-order valence-electron chi connectivity index (χ2n) is 3.73. The van der Waals surface area contributed by atoms with Gasteiger partial charge < -0.3 is 5.73 Å². The van der Waals surface area contributed by atoms with Crippen molar-refractivity contribution >= 4 is 26.5 Å². The second-order valence-corrected chi connectivity index (χ2v) is 6.84. The maximum Gasteiger partial charge on any atom is 0.254 e. The Morgan fingerprint density at radius 1 is 1.50 bits per heavy atom. The molecule has 0 unspecified atom stereocenters. The molecule has 0 fully saturated rings. The van der Waals surface area contributed by atoms with E-state index in [9.17, 15) is 8.42 Å². The van der Waals surface area contributed by atoms with E-state index in [1.54, 1.807) is 6.92 Å². The Bertz CT molecular complexity index is 465. The van der Waals surface area contributed by atoms with Gasteiger partial charge >= 0.3 is 0 Å². The Morgan fingerprint density at radius 3 is 2.38 bits per heavy atom. The summed E-state index contributed by atoms with van der Waals surface area (Å²) in [6.45, 7) is 7.62. The van der Waals surface area contributed by atoms with Crippen LogP contribution in [0.2, 0.25) is 0 Å². The Balaban J connectivity index is 3.25. The van der Waals surface area contributed by atoms with E-state index in [1.165, 1.54) is 4.31 Å². The van der Waals surface area contributed by atoms with E-state index < -0.39 is 10.0 Å². The first kappa shape index (κ1) is 13.4. The first-order chi connectivity index (χ1) is 7.30. The minimum atomic E-state index is -3.45. The highest BCUT2D eigenvalue weighted by molar-refractivity contribution is 7.91. The number of nitrogens with zero attached hydrogens (tertiary/aromatic N) is 2. The molecule has 0 aliphatic carbocycles. The summed E-state index contributed by atoms with van der Waals surface area (Å²) in [4.78, 5) is 3.94. The molecule has 2 N–H and O–H groups in total. The zero-order valence-electron chi connectivity index (χ0n) is 9.89. The molecule has 0 radical (unpaired) electrons. The minimum absolute atomic E-state index is 0.0716. The standard InChI is InChI=1S/C9H17N3O2S2/c1-5-12(6(2)3)16(13,14)8-7(4)11-9(10)15-8/h6H,5H2,1-4H3,(H2,10,11). The van der Waals surface area contributed by atoms with E-state index in [-0.39, 0.29) is 15.4 Å². The molecule has 5 nitrogen and oxygen atoms in total. The number of rotatable bonds is 4. The quantitative estimate of drug-likeness (QED) is 0.892. The third-order valence-electron chi connectivity index (χ3n) is 2.20. The third-order valence-corrected chi connectivity index (χ3v) is 5.93. The molecule has 16 heavy (non-hydrogen) atoms. The molecule has 0 bridgehead atoms. The molecule has 1 heterocycles. The van der Waals surface area contributed by atoms with Gasteiger partial charge in [0.2, 0.25) is 0 Å². The van der Waals surface area contributed by atoms with Gasteiger partial charge in [0.15, 0.2) is 9.34 Å². The Kier molecular flexibility index (Phi) is 3.92. The van der Waals surface area contributed by atoms with Crippen LogP contribution in [-0.2, 0) is 10.0 Å². The van der Waals surface area contributed by atoms with E-state index in [0.717, 1.165) is 11.3 Å². The molecule has 92 valence electrons. The predicted octanol–water partition coefficient (Wildman–Crippen LogP) is 1.45. The van der Waals surface area contributed by atoms with Crippen molar-refractivity contribution in [2.45, 2.75) is 37.9 Å². The van der Waals surface area contributed by atoms with Crippen molar-refractivity contribution in [3.05, 3.63) is 5.69 Å². The first-order valence-electron chi connectivity index (χ1n) is 5.05. The molecule has 0 spiro atoms. The highest BCUT2D eigenvalue weighted by Crippen LogP contribution is 2.28. The number of nitrogens with two attached hydrogens (primary N) is 1. The van der Waals surface area contributed by atoms with Gasteiger partial charge in [0.1, 0.15) is 0 Å². The lowest BCUT2D eigenvalue weighted by molar-refractivity contribution is 0.370. The van der Waals surface area contributed by atoms with Crippen molar-refractivity contribution in [3.63, 3.8) is 0 Å². The lowest BCUT2D eigenvalue weighted by atomic mass is 10.4. The highest BCUT2D eigenvalue weighted by Gasteiger charge is 2.29. The average molecular weight is 263 g/mol. The molecule has 1 aromatic rings. The van der Waals surface area contributed by atoms with Gasteiger partial charge in [0.05, 0.1) is 5.69 Å². The Hall–Kier alpha value is -0.660. The summed E-state index contributed by atoms with van der Waals surface area (Å²) in [6.07, 6.45) is 0. The fourth-order valence-corrected chi connectivity index (χ4v) is 4.62. The fraction of sp³-hybridized carbons (Fsp3) is 0.667. The lowest BCUT2D eigenvalue weighted by Crippen LogP contribution is -2.36. The number of aromatic nitrogens is 1. The maximum absolute atomic E-state index is 12.3. The SMILES string of the molecule is CCN(C(C)C)S(=O)(=O)c1sc(N)nc1C. The molecule has 7 heteroatoms. The van der Waals surface area contributed by atoms with Crippen LogP contribution >= 0.6 is 11.3 Å². The monoisotopic (exact) mass is 263 g/mol. The van der Waals surface area contributed by atoms with Crippen LogP contribution in [0.25, 0.3) is 0 Å². The van der Waals surface area contributed by atoms with Crippen LogP contribution in [0.15, 0.2) is 4.21 Å². The van der Waals surface area contributed by atoms with Crippen molar-refractivity contribution < 1.29 is 8.42 Å². The van der Waals surface area contributed by atoms with Crippen LogP contribution in [0.3, 0.4) is 0 Å². The van der Waals surface area contributed by atoms with E-state index in [1.807, 2.05) is 20.8 Å². The Labute approximate surface area is 100 Å². The van der Waals surface area contributed by atoms with Crippen LogP contribution in [-0.4, -0.2) is 30.3 Å². The van der Waals surface area contributed by atoms with Gasteiger partial charge in [-0.05, 0) is 20.8 Å². The summed E-state index contributed by atoms with van der Waals surface area (Å²) in [5.74, 6) is 0. The number of nitrogen functional groups attached to an aromatic ring is 1. The predicted molar refractivity (Wildman–Crippen MR) is 66.0 cm³/mol. The maximum atomic E-state index is 12.3. The molecule has 0 saturated carbocycles. The van der Waals surface area contributed by atoms with E-state index >= 15 is 0 Å². The molecule has 1 rings (SSSR count). The number of sulfonamides is 1. The lowest BCUT2D eigenvalue weighted by Gasteiger charge is -2.23. The summed E-state index contributed by atoms with van der Waals surface area (Å²) in [7, 11) is -3.45. The van der Waals surface area contributed by atoms with Crippen LogP contribution in [0.1, 0.15) is 26.5 Å². The van der Waals surface area contributed by atoms with Crippen molar-refractivity contribution in [2.24, 2.45) is 0 Å². The summed E-state index contributed by atoms with van der Waals surface area (Å²) in [5.41, 5.74) is 5.99. The summed E-state index contributed by atoms with van der Waals surface area (Å²) >= 11 is 1.02. The minimum Gasteiger partial charge on any atom is -0.375 e. The molecule has 0 amide bonds. The number of thiazole rings is 1. The van der Waals surface area contributed by atoms with Crippen molar-refractivity contribution in [1.29, 1.82) is 0 Å². The van der Waals surface area contributed by atoms with Crippen molar-refractivity contribution in [1.82, 2.24) is 9.29 Å². The van der Waals surface area contributed by atoms with Crippen LogP contribution < -0.4 is 5.73 Å². The van der Waals surface area contributed by atoms with Crippen LogP contribution in [0.4, 0.5) is 5.13 Å². The molecular weight excluding hydrogens is 246 g/mol. The molecule has 0 aliphatic rings. The number of hydrogen-bond acceptors (Lipinski definition) is 5. The van der Waals surface area contributed by atoms with Crippen molar-refractivity contribution in [3.8, 4) is 0 Å². The summed E-state index contributed by atoms with van der Waals surface area (Å²) < 4.78 is 26.2. The van der Waals surface area contributed by atoms with Gasteiger partial charge in [0.25, 0.3) is 10.0 Å². The highest BCUT2D eigenvalue weighted by atomic mass is 32.2. The summed E-state index contributed by atoms with van der Waals surface area (Å²) in [5, 5.41) is 0.288. The van der Waals surface area contributed by atoms with Crippen molar-refractivity contribution in [2.75, 3.05) is 12.3 Å². The molecule has 0 saturated heterocycles. The van der Waals surface area contributed by atoms with Gasteiger partial charge in [-0.25, -0.2) is 13.4 Å². The van der Waals surface area contributed by atoms with E-state index in [2.05, 4.69) is 4.98 Å². The zero-order valence-corrected chi connectivity index (χ0v) is 11.5. The third kappa shape index (κ3) is 2.36. The van der Waals surface area contributed by atoms with Crippen LogP contribution in [0, 0.1) is 6.92 Å². The Morgan fingerprint density at radius 2 is 2.06 bits per heavy atom. The molecule has 0 atom stereocenters. The first-order valence-corrected chi connectivity index (χ1v) is 7.31. The van der Waals surface area contributed by atoms with Gasteiger partial charge in [-0.15, -0.1) is 0 Å². The normalized spacial score (nSPS) is 12.6. The average Bonchev–Trinajstić information content (AvgIpc) is 2.45. The van der Waals surface area contributed by atoms with E-state index in [4.69, 9.17) is 5.73 Å².